The van der Waals surface area contributed by atoms with Crippen molar-refractivity contribution in [2.75, 3.05) is 11.9 Å². The number of hydrogen-bond acceptors (Lipinski definition) is 6. The fourth-order valence-electron chi connectivity index (χ4n) is 5.16. The molecule has 39 heavy (non-hydrogen) atoms. The van der Waals surface area contributed by atoms with E-state index in [0.29, 0.717) is 5.69 Å². The molecule has 1 spiro atoms. The van der Waals surface area contributed by atoms with E-state index in [1.165, 1.54) is 18.7 Å². The van der Waals surface area contributed by atoms with E-state index in [-0.39, 0.29) is 25.3 Å². The van der Waals surface area contributed by atoms with Crippen LogP contribution < -0.4 is 21.7 Å². The first kappa shape index (κ1) is 30.3. The number of nitrogens with two attached hydrogens (primary N) is 1. The van der Waals surface area contributed by atoms with Gasteiger partial charge in [0.25, 0.3) is 0 Å². The van der Waals surface area contributed by atoms with Gasteiger partial charge in [-0.1, -0.05) is 39.0 Å². The summed E-state index contributed by atoms with van der Waals surface area (Å²) in [4.78, 5) is 54.2. The summed E-state index contributed by atoms with van der Waals surface area (Å²) in [5, 5.41) is 8.11. The molecule has 216 valence electrons. The molecule has 1 saturated heterocycles. The molecular weight excluding hydrogens is 505 g/mol. The monoisotopic (exact) mass is 547 g/mol. The first-order valence-corrected chi connectivity index (χ1v) is 13.2. The van der Waals surface area contributed by atoms with Crippen LogP contribution in [0.4, 0.5) is 14.9 Å². The van der Waals surface area contributed by atoms with Crippen molar-refractivity contribution in [1.82, 2.24) is 15.5 Å². The zero-order valence-electron chi connectivity index (χ0n) is 24.1. The van der Waals surface area contributed by atoms with Gasteiger partial charge in [0.1, 0.15) is 23.4 Å². The second-order valence-electron chi connectivity index (χ2n) is 13.2. The van der Waals surface area contributed by atoms with Crippen molar-refractivity contribution in [1.29, 1.82) is 0 Å². The Kier molecular flexibility index (Phi) is 8.09. The number of hydrogen-bond donors (Lipinski definition) is 4. The molecule has 5 N–H and O–H groups in total. The molecule has 3 rings (SSSR count). The van der Waals surface area contributed by atoms with Crippen LogP contribution in [0.2, 0.25) is 0 Å². The summed E-state index contributed by atoms with van der Waals surface area (Å²) in [5.41, 5.74) is 3.41. The van der Waals surface area contributed by atoms with Crippen LogP contribution in [-0.4, -0.2) is 64.8 Å². The molecule has 0 bridgehead atoms. The third-order valence-electron chi connectivity index (χ3n) is 6.90. The average molecular weight is 548 g/mol. The maximum absolute atomic E-state index is 14.9. The van der Waals surface area contributed by atoms with E-state index in [2.05, 4.69) is 16.0 Å². The van der Waals surface area contributed by atoms with Crippen LogP contribution >= 0.6 is 0 Å². The minimum atomic E-state index is -1.82. The Morgan fingerprint density at radius 3 is 2.31 bits per heavy atom. The number of benzene rings is 1. The molecule has 2 aliphatic rings. The third kappa shape index (κ3) is 6.87. The third-order valence-corrected chi connectivity index (χ3v) is 6.90. The van der Waals surface area contributed by atoms with Crippen molar-refractivity contribution in [3.8, 4) is 0 Å². The number of para-hydroxylation sites is 1. The Morgan fingerprint density at radius 2 is 1.74 bits per heavy atom. The second-order valence-corrected chi connectivity index (χ2v) is 13.2. The van der Waals surface area contributed by atoms with Gasteiger partial charge in [0.15, 0.2) is 0 Å². The lowest BCUT2D eigenvalue weighted by Crippen LogP contribution is -2.60. The molecule has 0 saturated carbocycles. The summed E-state index contributed by atoms with van der Waals surface area (Å²) in [6.07, 6.45) is -1.76. The Labute approximate surface area is 229 Å². The fourth-order valence-corrected chi connectivity index (χ4v) is 5.16. The number of nitrogens with zero attached hydrogens (tertiary/aromatic N) is 1. The molecule has 2 heterocycles. The first-order chi connectivity index (χ1) is 17.7. The number of rotatable bonds is 6. The van der Waals surface area contributed by atoms with Crippen LogP contribution in [0.3, 0.4) is 0 Å². The van der Waals surface area contributed by atoms with Crippen LogP contribution in [0.5, 0.6) is 0 Å². The molecule has 0 radical (unpaired) electrons. The number of nitrogens with one attached hydrogen (secondary N) is 3. The predicted octanol–water partition coefficient (Wildman–Crippen LogP) is 2.96. The Balaban J connectivity index is 1.86. The largest absolute Gasteiger partial charge is 0.444 e. The van der Waals surface area contributed by atoms with Crippen molar-refractivity contribution in [3.05, 3.63) is 29.8 Å². The highest BCUT2D eigenvalue weighted by Crippen LogP contribution is 2.45. The van der Waals surface area contributed by atoms with Crippen LogP contribution in [0.15, 0.2) is 24.3 Å². The highest BCUT2D eigenvalue weighted by Gasteiger charge is 2.55. The van der Waals surface area contributed by atoms with Gasteiger partial charge in [0.05, 0.1) is 11.6 Å². The number of carbonyl (C=O) groups is 4. The summed E-state index contributed by atoms with van der Waals surface area (Å²) in [6, 6.07) is 4.86. The van der Waals surface area contributed by atoms with Gasteiger partial charge in [-0.3, -0.25) is 14.4 Å². The highest BCUT2D eigenvalue weighted by molar-refractivity contribution is 6.07. The lowest BCUT2D eigenvalue weighted by atomic mass is 9.80. The maximum Gasteiger partial charge on any atom is 0.408 e. The Morgan fingerprint density at radius 1 is 1.13 bits per heavy atom. The number of alkyl carbamates (subject to hydrolysis) is 1. The van der Waals surface area contributed by atoms with E-state index in [0.717, 1.165) is 5.56 Å². The molecule has 1 aromatic carbocycles. The van der Waals surface area contributed by atoms with E-state index in [4.69, 9.17) is 10.5 Å². The highest BCUT2D eigenvalue weighted by atomic mass is 19.1. The number of ether oxygens (including phenoxy) is 1. The SMILES string of the molecule is CC(C)(F)C[C@H](NC(=O)[C@@H](NC(=O)OC(C)(C)C)C(C)(C)C)C(=O)N1C[C@]2(C[C@H]1N)C(=O)Nc1ccccc12. The molecule has 1 aromatic rings. The van der Waals surface area contributed by atoms with Gasteiger partial charge >= 0.3 is 6.09 Å². The number of amides is 4. The van der Waals surface area contributed by atoms with Crippen molar-refractivity contribution >= 4 is 29.5 Å². The number of anilines is 1. The first-order valence-electron chi connectivity index (χ1n) is 13.2. The Bertz CT molecular complexity index is 1140. The number of halogens is 1. The van der Waals surface area contributed by atoms with E-state index in [9.17, 15) is 23.6 Å². The van der Waals surface area contributed by atoms with Crippen molar-refractivity contribution in [2.45, 2.75) is 103 Å². The van der Waals surface area contributed by atoms with E-state index >= 15 is 0 Å². The molecule has 1 fully saturated rings. The van der Waals surface area contributed by atoms with Crippen LogP contribution in [0, 0.1) is 5.41 Å². The Hall–Kier alpha value is -3.21. The van der Waals surface area contributed by atoms with Gasteiger partial charge in [-0.15, -0.1) is 0 Å². The zero-order chi connectivity index (χ0) is 29.6. The molecule has 4 amide bonds. The van der Waals surface area contributed by atoms with Gasteiger partial charge < -0.3 is 31.3 Å². The van der Waals surface area contributed by atoms with Gasteiger partial charge in [-0.25, -0.2) is 9.18 Å². The van der Waals surface area contributed by atoms with Crippen molar-refractivity contribution < 1.29 is 28.3 Å². The van der Waals surface area contributed by atoms with Crippen LogP contribution in [-0.2, 0) is 24.5 Å². The average Bonchev–Trinajstić information content (AvgIpc) is 3.25. The number of fused-ring (bicyclic) bond motifs is 2. The van der Waals surface area contributed by atoms with E-state index in [1.54, 1.807) is 47.6 Å². The van der Waals surface area contributed by atoms with Crippen molar-refractivity contribution in [2.24, 2.45) is 11.1 Å². The summed E-state index contributed by atoms with van der Waals surface area (Å²) >= 11 is 0. The summed E-state index contributed by atoms with van der Waals surface area (Å²) < 4.78 is 20.2. The standard InChI is InChI=1S/C28H42FN5O5/c1-25(2,3)20(33-24(38)39-26(4,5)6)21(35)31-18(13-27(7,8)29)22(36)34-15-28(14-19(34)30)16-11-9-10-12-17(16)32-23(28)37/h9-12,18-20H,13-15,30H2,1-8H3,(H,31,35)(H,32,37)(H,33,38)/t18-,19-,20+,28-/m0/s1. The van der Waals surface area contributed by atoms with Crippen LogP contribution in [0.25, 0.3) is 0 Å². The van der Waals surface area contributed by atoms with Gasteiger partial charge in [0.2, 0.25) is 17.7 Å². The van der Waals surface area contributed by atoms with Crippen LogP contribution in [0.1, 0.15) is 73.8 Å². The minimum Gasteiger partial charge on any atom is -0.444 e. The normalized spacial score (nSPS) is 22.7. The molecule has 0 aromatic heterocycles. The summed E-state index contributed by atoms with van der Waals surface area (Å²) in [7, 11) is 0. The fraction of sp³-hybridized carbons (Fsp3) is 0.643. The number of likely N-dealkylation sites (tertiary alicyclic amines) is 1. The van der Waals surface area contributed by atoms with Gasteiger partial charge in [0, 0.05) is 25.1 Å². The second kappa shape index (κ2) is 10.4. The molecule has 2 aliphatic heterocycles. The van der Waals surface area contributed by atoms with Gasteiger partial charge in [-0.05, 0) is 51.7 Å². The smallest absolute Gasteiger partial charge is 0.408 e. The number of alkyl halides is 1. The molecule has 10 nitrogen and oxygen atoms in total. The molecule has 0 aliphatic carbocycles. The molecule has 0 unspecified atom stereocenters. The quantitative estimate of drug-likeness (QED) is 0.431. The molecule has 11 heteroatoms. The van der Waals surface area contributed by atoms with Crippen molar-refractivity contribution in [3.63, 3.8) is 0 Å². The number of carbonyl (C=O) groups excluding carboxylic acids is 4. The minimum absolute atomic E-state index is 0.00616. The van der Waals surface area contributed by atoms with E-state index in [1.807, 2.05) is 18.2 Å². The predicted molar refractivity (Wildman–Crippen MR) is 145 cm³/mol. The molecular formula is C28H42FN5O5. The lowest BCUT2D eigenvalue weighted by Gasteiger charge is -2.34. The van der Waals surface area contributed by atoms with E-state index < -0.39 is 58.3 Å². The summed E-state index contributed by atoms with van der Waals surface area (Å²) in [5.74, 6) is -1.52. The van der Waals surface area contributed by atoms with Gasteiger partial charge in [-0.2, -0.15) is 0 Å². The topological polar surface area (TPSA) is 143 Å². The maximum atomic E-state index is 14.9. The molecule has 4 atom stereocenters. The summed E-state index contributed by atoms with van der Waals surface area (Å²) in [6.45, 7) is 13.0. The lowest BCUT2D eigenvalue weighted by molar-refractivity contribution is -0.139. The zero-order valence-corrected chi connectivity index (χ0v) is 24.1.